The zero-order chi connectivity index (χ0) is 7.33. The Morgan fingerprint density at radius 1 is 1.30 bits per heavy atom. The van der Waals surface area contributed by atoms with Crippen molar-refractivity contribution in [1.29, 1.82) is 0 Å². The smallest absolute Gasteiger partial charge is 0.00468 e. The van der Waals surface area contributed by atoms with Crippen molar-refractivity contribution in [1.82, 2.24) is 5.32 Å². The summed E-state index contributed by atoms with van der Waals surface area (Å²) in [6, 6.07) is 0. The van der Waals surface area contributed by atoms with Crippen molar-refractivity contribution < 1.29 is 4.70 Å². The molecule has 0 bridgehead atoms. The van der Waals surface area contributed by atoms with Crippen molar-refractivity contribution in [2.24, 2.45) is 5.41 Å². The third-order valence-electron chi connectivity index (χ3n) is 2.01. The lowest BCUT2D eigenvalue weighted by atomic mass is 9.87. The van der Waals surface area contributed by atoms with E-state index in [1.54, 1.807) is 0 Å². The molecule has 0 fully saturated rings. The van der Waals surface area contributed by atoms with E-state index < -0.39 is 0 Å². The second-order valence-electron chi connectivity index (χ2n) is 3.37. The van der Waals surface area contributed by atoms with Gasteiger partial charge >= 0.3 is 0 Å². The summed E-state index contributed by atoms with van der Waals surface area (Å²) in [6.07, 6.45) is 2.55. The highest BCUT2D eigenvalue weighted by Crippen LogP contribution is 2.22. The molecule has 1 N–H and O–H groups in total. The lowest BCUT2D eigenvalue weighted by Crippen LogP contribution is -2.18. The van der Waals surface area contributed by atoms with Gasteiger partial charge in [-0.15, -0.1) is 0 Å². The number of halogens is 1. The molecule has 0 aliphatic rings. The Morgan fingerprint density at radius 2 is 1.80 bits per heavy atom. The van der Waals surface area contributed by atoms with Gasteiger partial charge < -0.3 is 5.32 Å². The average Bonchev–Trinajstić information content (AvgIpc) is 1.84. The van der Waals surface area contributed by atoms with Crippen molar-refractivity contribution in [2.45, 2.75) is 33.6 Å². The molecule has 2 heteroatoms. The maximum atomic E-state index is 3.16. The van der Waals surface area contributed by atoms with Gasteiger partial charge in [0.15, 0.2) is 0 Å². The van der Waals surface area contributed by atoms with Gasteiger partial charge in [-0.1, -0.05) is 27.2 Å². The lowest BCUT2D eigenvalue weighted by Gasteiger charge is -2.21. The monoisotopic (exact) mass is 149 g/mol. The van der Waals surface area contributed by atoms with E-state index in [-0.39, 0.29) is 4.70 Å². The summed E-state index contributed by atoms with van der Waals surface area (Å²) >= 11 is 0. The summed E-state index contributed by atoms with van der Waals surface area (Å²) in [5.74, 6) is 0. The van der Waals surface area contributed by atoms with E-state index in [1.807, 2.05) is 7.05 Å². The van der Waals surface area contributed by atoms with Crippen LogP contribution in [-0.4, -0.2) is 13.6 Å². The minimum atomic E-state index is 0. The molecule has 64 valence electrons. The standard InChI is InChI=1S/C8H19N.FH/c1-5-8(2,3)6-7-9-4;/h9H,5-7H2,1-4H3;1H. The molecule has 0 aliphatic carbocycles. The van der Waals surface area contributed by atoms with E-state index in [4.69, 9.17) is 0 Å². The fraction of sp³-hybridized carbons (Fsp3) is 1.00. The molecule has 0 saturated heterocycles. The Hall–Kier alpha value is -0.110. The quantitative estimate of drug-likeness (QED) is 0.646. The van der Waals surface area contributed by atoms with Gasteiger partial charge in [-0.05, 0) is 25.4 Å². The predicted molar refractivity (Wildman–Crippen MR) is 45.1 cm³/mol. The lowest BCUT2D eigenvalue weighted by molar-refractivity contribution is 0.319. The van der Waals surface area contributed by atoms with Gasteiger partial charge in [0, 0.05) is 0 Å². The molecular formula is C8H20FN. The van der Waals surface area contributed by atoms with Crippen LogP contribution in [-0.2, 0) is 0 Å². The second kappa shape index (κ2) is 5.66. The third kappa shape index (κ3) is 6.02. The summed E-state index contributed by atoms with van der Waals surface area (Å²) in [5, 5.41) is 3.16. The Balaban J connectivity index is 0. The second-order valence-corrected chi connectivity index (χ2v) is 3.37. The van der Waals surface area contributed by atoms with Crippen LogP contribution in [0.4, 0.5) is 4.70 Å². The molecule has 0 aromatic heterocycles. The number of hydrogen-bond acceptors (Lipinski definition) is 1. The zero-order valence-electron chi connectivity index (χ0n) is 7.53. The zero-order valence-corrected chi connectivity index (χ0v) is 7.53. The summed E-state index contributed by atoms with van der Waals surface area (Å²) in [6.45, 7) is 8.01. The van der Waals surface area contributed by atoms with Gasteiger partial charge in [0.05, 0.1) is 0 Å². The average molecular weight is 149 g/mol. The molecule has 0 rings (SSSR count). The molecule has 0 aliphatic heterocycles. The summed E-state index contributed by atoms with van der Waals surface area (Å²) < 4.78 is 0. The van der Waals surface area contributed by atoms with Crippen LogP contribution in [0.2, 0.25) is 0 Å². The fourth-order valence-electron chi connectivity index (χ4n) is 0.640. The first-order valence-corrected chi connectivity index (χ1v) is 3.77. The van der Waals surface area contributed by atoms with Crippen molar-refractivity contribution in [3.63, 3.8) is 0 Å². The molecule has 0 heterocycles. The minimum Gasteiger partial charge on any atom is -0.320 e. The van der Waals surface area contributed by atoms with E-state index in [0.29, 0.717) is 5.41 Å². The topological polar surface area (TPSA) is 12.0 Å². The molecule has 0 saturated carbocycles. The molecule has 10 heavy (non-hydrogen) atoms. The van der Waals surface area contributed by atoms with Crippen molar-refractivity contribution >= 4 is 0 Å². The largest absolute Gasteiger partial charge is 0.320 e. The van der Waals surface area contributed by atoms with Gasteiger partial charge in [0.25, 0.3) is 0 Å². The van der Waals surface area contributed by atoms with E-state index in [9.17, 15) is 0 Å². The molecule has 0 radical (unpaired) electrons. The fourth-order valence-corrected chi connectivity index (χ4v) is 0.640. The Bertz CT molecular complexity index is 71.7. The Kier molecular flexibility index (Phi) is 7.10. The molecule has 0 amide bonds. The number of hydrogen-bond donors (Lipinski definition) is 1. The van der Waals surface area contributed by atoms with Gasteiger partial charge in [-0.25, -0.2) is 0 Å². The highest BCUT2D eigenvalue weighted by atomic mass is 19.0. The normalized spacial score (nSPS) is 10.8. The van der Waals surface area contributed by atoms with Gasteiger partial charge in [-0.3, -0.25) is 4.70 Å². The van der Waals surface area contributed by atoms with Crippen LogP contribution in [0.25, 0.3) is 0 Å². The molecule has 1 nitrogen and oxygen atoms in total. The van der Waals surface area contributed by atoms with E-state index in [1.165, 1.54) is 12.8 Å². The Labute approximate surface area is 63.6 Å². The van der Waals surface area contributed by atoms with Crippen LogP contribution in [0.3, 0.4) is 0 Å². The summed E-state index contributed by atoms with van der Waals surface area (Å²) in [5.41, 5.74) is 0.531. The van der Waals surface area contributed by atoms with Crippen LogP contribution in [0.5, 0.6) is 0 Å². The first-order valence-electron chi connectivity index (χ1n) is 3.77. The van der Waals surface area contributed by atoms with Crippen molar-refractivity contribution in [2.75, 3.05) is 13.6 Å². The SMILES string of the molecule is CCC(C)(C)CCNC.F. The first-order chi connectivity index (χ1) is 4.12. The van der Waals surface area contributed by atoms with Crippen LogP contribution in [0.15, 0.2) is 0 Å². The number of rotatable bonds is 4. The molecule has 0 spiro atoms. The maximum Gasteiger partial charge on any atom is -0.00468 e. The van der Waals surface area contributed by atoms with Crippen LogP contribution in [0.1, 0.15) is 33.6 Å². The van der Waals surface area contributed by atoms with Crippen LogP contribution < -0.4 is 5.32 Å². The van der Waals surface area contributed by atoms with Crippen molar-refractivity contribution in [3.8, 4) is 0 Å². The van der Waals surface area contributed by atoms with E-state index >= 15 is 0 Å². The Morgan fingerprint density at radius 3 is 2.10 bits per heavy atom. The van der Waals surface area contributed by atoms with Gasteiger partial charge in [0.1, 0.15) is 0 Å². The highest BCUT2D eigenvalue weighted by molar-refractivity contribution is 4.66. The van der Waals surface area contributed by atoms with Gasteiger partial charge in [0.2, 0.25) is 0 Å². The first kappa shape index (κ1) is 12.6. The third-order valence-corrected chi connectivity index (χ3v) is 2.01. The van der Waals surface area contributed by atoms with Crippen LogP contribution in [0, 0.1) is 5.41 Å². The highest BCUT2D eigenvalue weighted by Gasteiger charge is 2.12. The molecule has 0 atom stereocenters. The van der Waals surface area contributed by atoms with Crippen LogP contribution >= 0.6 is 0 Å². The number of nitrogens with one attached hydrogen (secondary N) is 1. The molecule has 0 aromatic carbocycles. The molecule has 0 aromatic rings. The summed E-state index contributed by atoms with van der Waals surface area (Å²) in [4.78, 5) is 0. The van der Waals surface area contributed by atoms with E-state index in [2.05, 4.69) is 26.1 Å². The van der Waals surface area contributed by atoms with E-state index in [0.717, 1.165) is 6.54 Å². The predicted octanol–water partition coefficient (Wildman–Crippen LogP) is 2.18. The summed E-state index contributed by atoms with van der Waals surface area (Å²) in [7, 11) is 2.01. The molecular weight excluding hydrogens is 129 g/mol. The molecule has 0 unspecified atom stereocenters. The maximum absolute atomic E-state index is 3.16. The van der Waals surface area contributed by atoms with Crippen molar-refractivity contribution in [3.05, 3.63) is 0 Å². The van der Waals surface area contributed by atoms with Gasteiger partial charge in [-0.2, -0.15) is 0 Å². The minimum absolute atomic E-state index is 0.